The molecule has 1 amide bonds. The monoisotopic (exact) mass is 344 g/mol. The number of halogens is 1. The van der Waals surface area contributed by atoms with E-state index in [2.05, 4.69) is 20.2 Å². The zero-order valence-electron chi connectivity index (χ0n) is 13.9. The van der Waals surface area contributed by atoms with E-state index in [0.29, 0.717) is 10.7 Å². The average molecular weight is 345 g/mol. The second-order valence-corrected chi connectivity index (χ2v) is 6.59. The number of nitrogens with zero attached hydrogens (tertiary/aromatic N) is 3. The molecule has 24 heavy (non-hydrogen) atoms. The van der Waals surface area contributed by atoms with E-state index in [1.807, 2.05) is 38.1 Å². The third-order valence-corrected chi connectivity index (χ3v) is 4.58. The molecule has 1 aromatic heterocycles. The zero-order valence-corrected chi connectivity index (χ0v) is 14.7. The van der Waals surface area contributed by atoms with E-state index in [0.717, 1.165) is 43.3 Å². The summed E-state index contributed by atoms with van der Waals surface area (Å²) in [5.41, 5.74) is 2.61. The molecule has 3 rings (SSSR count). The van der Waals surface area contributed by atoms with Crippen molar-refractivity contribution < 1.29 is 4.79 Å². The number of hydrogen-bond acceptors (Lipinski definition) is 4. The number of benzene rings is 1. The summed E-state index contributed by atoms with van der Waals surface area (Å²) in [6, 6.07) is 9.27. The van der Waals surface area contributed by atoms with Crippen LogP contribution in [0.15, 0.2) is 30.3 Å². The fourth-order valence-electron chi connectivity index (χ4n) is 2.99. The van der Waals surface area contributed by atoms with Gasteiger partial charge in [0.15, 0.2) is 0 Å². The summed E-state index contributed by atoms with van der Waals surface area (Å²) < 4.78 is 0. The lowest BCUT2D eigenvalue weighted by Crippen LogP contribution is -2.39. The number of carbonyl (C=O) groups excluding carboxylic acids is 1. The molecule has 2 aromatic rings. The molecule has 1 saturated heterocycles. The van der Waals surface area contributed by atoms with Crippen LogP contribution in [0.3, 0.4) is 0 Å². The first kappa shape index (κ1) is 16.7. The Morgan fingerprint density at radius 2 is 1.79 bits per heavy atom. The highest BCUT2D eigenvalue weighted by atomic mass is 35.5. The predicted molar refractivity (Wildman–Crippen MR) is 96.5 cm³/mol. The molecular weight excluding hydrogens is 324 g/mol. The van der Waals surface area contributed by atoms with Gasteiger partial charge < -0.3 is 10.2 Å². The van der Waals surface area contributed by atoms with Crippen LogP contribution in [0.25, 0.3) is 0 Å². The molecule has 0 radical (unpaired) electrons. The van der Waals surface area contributed by atoms with Crippen molar-refractivity contribution in [2.24, 2.45) is 5.92 Å². The lowest BCUT2D eigenvalue weighted by Gasteiger charge is -2.31. The van der Waals surface area contributed by atoms with E-state index in [4.69, 9.17) is 11.6 Å². The number of aromatic nitrogens is 2. The molecule has 126 valence electrons. The molecule has 0 spiro atoms. The topological polar surface area (TPSA) is 58.1 Å². The van der Waals surface area contributed by atoms with Gasteiger partial charge in [-0.2, -0.15) is 0 Å². The summed E-state index contributed by atoms with van der Waals surface area (Å²) in [7, 11) is 0. The molecule has 0 aliphatic carbocycles. The van der Waals surface area contributed by atoms with Crippen LogP contribution in [0.2, 0.25) is 5.02 Å². The Balaban J connectivity index is 1.60. The normalized spacial score (nSPS) is 15.4. The molecule has 0 atom stereocenters. The second-order valence-electron chi connectivity index (χ2n) is 6.18. The van der Waals surface area contributed by atoms with Crippen molar-refractivity contribution in [3.8, 4) is 0 Å². The van der Waals surface area contributed by atoms with Crippen LogP contribution in [0, 0.1) is 19.8 Å². The van der Waals surface area contributed by atoms with Crippen LogP contribution in [0.4, 0.5) is 11.6 Å². The van der Waals surface area contributed by atoms with Crippen molar-refractivity contribution in [1.82, 2.24) is 9.97 Å². The zero-order chi connectivity index (χ0) is 17.1. The maximum absolute atomic E-state index is 12.5. The van der Waals surface area contributed by atoms with E-state index in [1.54, 1.807) is 6.07 Å². The van der Waals surface area contributed by atoms with Crippen molar-refractivity contribution in [3.05, 3.63) is 46.7 Å². The van der Waals surface area contributed by atoms with Gasteiger partial charge in [-0.15, -0.1) is 0 Å². The third kappa shape index (κ3) is 3.85. The van der Waals surface area contributed by atoms with Gasteiger partial charge >= 0.3 is 0 Å². The molecule has 0 saturated carbocycles. The number of rotatable bonds is 3. The standard InChI is InChI=1S/C18H21ClN4O/c1-12-11-13(2)21-18(20-12)23-9-7-14(8-10-23)17(24)22-16-6-4-3-5-15(16)19/h3-6,11,14H,7-10H2,1-2H3,(H,22,24). The van der Waals surface area contributed by atoms with Gasteiger partial charge in [-0.25, -0.2) is 9.97 Å². The van der Waals surface area contributed by atoms with Gasteiger partial charge in [0.25, 0.3) is 0 Å². The summed E-state index contributed by atoms with van der Waals surface area (Å²) in [4.78, 5) is 23.6. The van der Waals surface area contributed by atoms with Crippen LogP contribution < -0.4 is 10.2 Å². The molecule has 1 aliphatic heterocycles. The van der Waals surface area contributed by atoms with Crippen LogP contribution in [0.5, 0.6) is 0 Å². The smallest absolute Gasteiger partial charge is 0.227 e. The Labute approximate surface area is 147 Å². The van der Waals surface area contributed by atoms with Crippen LogP contribution in [-0.2, 0) is 4.79 Å². The molecule has 5 nitrogen and oxygen atoms in total. The first-order valence-corrected chi connectivity index (χ1v) is 8.53. The minimum absolute atomic E-state index is 0.0107. The fourth-order valence-corrected chi connectivity index (χ4v) is 3.17. The minimum Gasteiger partial charge on any atom is -0.341 e. The van der Waals surface area contributed by atoms with E-state index < -0.39 is 0 Å². The van der Waals surface area contributed by atoms with Gasteiger partial charge in [0.1, 0.15) is 0 Å². The van der Waals surface area contributed by atoms with E-state index in [-0.39, 0.29) is 11.8 Å². The van der Waals surface area contributed by atoms with Crippen LogP contribution >= 0.6 is 11.6 Å². The van der Waals surface area contributed by atoms with Gasteiger partial charge in [-0.3, -0.25) is 4.79 Å². The highest BCUT2D eigenvalue weighted by molar-refractivity contribution is 6.33. The van der Waals surface area contributed by atoms with Gasteiger partial charge in [0.2, 0.25) is 11.9 Å². The second kappa shape index (κ2) is 7.18. The fraction of sp³-hybridized carbons (Fsp3) is 0.389. The van der Waals surface area contributed by atoms with E-state index in [9.17, 15) is 4.79 Å². The summed E-state index contributed by atoms with van der Waals surface area (Å²) in [6.45, 7) is 5.51. The maximum Gasteiger partial charge on any atom is 0.227 e. The van der Waals surface area contributed by atoms with Gasteiger partial charge in [-0.05, 0) is 44.9 Å². The molecule has 1 fully saturated rings. The first-order valence-electron chi connectivity index (χ1n) is 8.15. The van der Waals surface area contributed by atoms with Crippen LogP contribution in [0.1, 0.15) is 24.2 Å². The molecule has 2 heterocycles. The molecule has 0 bridgehead atoms. The first-order chi connectivity index (χ1) is 11.5. The molecular formula is C18H21ClN4O. The van der Waals surface area contributed by atoms with E-state index >= 15 is 0 Å². The summed E-state index contributed by atoms with van der Waals surface area (Å²) in [5.74, 6) is 0.782. The predicted octanol–water partition coefficient (Wildman–Crippen LogP) is 3.60. The third-order valence-electron chi connectivity index (χ3n) is 4.25. The van der Waals surface area contributed by atoms with E-state index in [1.165, 1.54) is 0 Å². The molecule has 0 unspecified atom stereocenters. The Morgan fingerprint density at radius 3 is 2.42 bits per heavy atom. The van der Waals surface area contributed by atoms with Gasteiger partial charge in [-0.1, -0.05) is 23.7 Å². The van der Waals surface area contributed by atoms with Crippen molar-refractivity contribution in [3.63, 3.8) is 0 Å². The quantitative estimate of drug-likeness (QED) is 0.924. The van der Waals surface area contributed by atoms with Crippen molar-refractivity contribution in [2.75, 3.05) is 23.3 Å². The number of anilines is 2. The summed E-state index contributed by atoms with van der Waals surface area (Å²) >= 11 is 6.10. The average Bonchev–Trinajstić information content (AvgIpc) is 2.56. The van der Waals surface area contributed by atoms with Crippen molar-refractivity contribution in [1.29, 1.82) is 0 Å². The van der Waals surface area contributed by atoms with Crippen LogP contribution in [-0.4, -0.2) is 29.0 Å². The number of amides is 1. The highest BCUT2D eigenvalue weighted by Gasteiger charge is 2.26. The molecule has 1 N–H and O–H groups in total. The Morgan fingerprint density at radius 1 is 1.17 bits per heavy atom. The Hall–Kier alpha value is -2.14. The number of hydrogen-bond donors (Lipinski definition) is 1. The number of nitrogens with one attached hydrogen (secondary N) is 1. The summed E-state index contributed by atoms with van der Waals surface area (Å²) in [6.07, 6.45) is 1.57. The minimum atomic E-state index is -0.0107. The SMILES string of the molecule is Cc1cc(C)nc(N2CCC(C(=O)Nc3ccccc3Cl)CC2)n1. The van der Waals surface area contributed by atoms with Crippen molar-refractivity contribution >= 4 is 29.1 Å². The van der Waals surface area contributed by atoms with Gasteiger partial charge in [0, 0.05) is 30.4 Å². The summed E-state index contributed by atoms with van der Waals surface area (Å²) in [5, 5.41) is 3.49. The molecule has 1 aromatic carbocycles. The molecule has 1 aliphatic rings. The lowest BCUT2D eigenvalue weighted by atomic mass is 9.96. The largest absolute Gasteiger partial charge is 0.341 e. The Bertz CT molecular complexity index is 721. The number of aryl methyl sites for hydroxylation is 2. The van der Waals surface area contributed by atoms with Gasteiger partial charge in [0.05, 0.1) is 10.7 Å². The highest BCUT2D eigenvalue weighted by Crippen LogP contribution is 2.25. The Kier molecular flexibility index (Phi) is 5.00. The number of para-hydroxylation sites is 1. The number of piperidine rings is 1. The molecule has 6 heteroatoms. The van der Waals surface area contributed by atoms with Crippen molar-refractivity contribution in [2.45, 2.75) is 26.7 Å². The lowest BCUT2D eigenvalue weighted by molar-refractivity contribution is -0.120. The number of carbonyl (C=O) groups is 1. The maximum atomic E-state index is 12.5.